The number of rotatable bonds is 8. The summed E-state index contributed by atoms with van der Waals surface area (Å²) in [4.78, 5) is 17.1. The van der Waals surface area contributed by atoms with Crippen molar-refractivity contribution in [2.45, 2.75) is 59.0 Å². The van der Waals surface area contributed by atoms with E-state index in [0.717, 1.165) is 51.9 Å². The molecule has 0 saturated heterocycles. The third-order valence-corrected chi connectivity index (χ3v) is 4.72. The summed E-state index contributed by atoms with van der Waals surface area (Å²) in [6, 6.07) is 4.60. The predicted molar refractivity (Wildman–Crippen MR) is 90.8 cm³/mol. The van der Waals surface area contributed by atoms with E-state index < -0.39 is 0 Å². The molecule has 4 heteroatoms. The van der Waals surface area contributed by atoms with Crippen molar-refractivity contribution in [3.05, 3.63) is 24.0 Å². The molecular weight excluding hydrogens is 274 g/mol. The third-order valence-electron chi connectivity index (χ3n) is 4.72. The summed E-state index contributed by atoms with van der Waals surface area (Å²) in [5.74, 6) is 0.300. The molecule has 0 saturated carbocycles. The number of amides is 1. The minimum absolute atomic E-state index is 0.300. The van der Waals surface area contributed by atoms with Gasteiger partial charge in [-0.15, -0.1) is 0 Å². The van der Waals surface area contributed by atoms with E-state index in [2.05, 4.69) is 53.5 Å². The minimum Gasteiger partial charge on any atom is -0.349 e. The lowest BCUT2D eigenvalue weighted by Gasteiger charge is -2.35. The van der Waals surface area contributed by atoms with E-state index in [-0.39, 0.29) is 0 Å². The lowest BCUT2D eigenvalue weighted by atomic mass is 10.1. The van der Waals surface area contributed by atoms with E-state index in [0.29, 0.717) is 18.5 Å². The van der Waals surface area contributed by atoms with Crippen molar-refractivity contribution in [1.82, 2.24) is 14.4 Å². The molecule has 2 heterocycles. The van der Waals surface area contributed by atoms with Crippen LogP contribution in [-0.4, -0.2) is 46.5 Å². The van der Waals surface area contributed by atoms with Crippen LogP contribution in [0.5, 0.6) is 0 Å². The first-order valence-electron chi connectivity index (χ1n) is 8.84. The fourth-order valence-corrected chi connectivity index (χ4v) is 3.18. The van der Waals surface area contributed by atoms with Gasteiger partial charge >= 0.3 is 0 Å². The maximum Gasteiger partial charge on any atom is 0.236 e. The van der Waals surface area contributed by atoms with Crippen LogP contribution in [0.2, 0.25) is 0 Å². The van der Waals surface area contributed by atoms with Crippen LogP contribution in [0.25, 0.3) is 0 Å². The van der Waals surface area contributed by atoms with Gasteiger partial charge in [-0.2, -0.15) is 0 Å². The Hall–Kier alpha value is -1.29. The minimum atomic E-state index is 0.300. The average molecular weight is 305 g/mol. The van der Waals surface area contributed by atoms with Gasteiger partial charge in [-0.3, -0.25) is 9.69 Å². The lowest BCUT2D eigenvalue weighted by molar-refractivity contribution is -0.133. The highest BCUT2D eigenvalue weighted by Gasteiger charge is 2.26. The largest absolute Gasteiger partial charge is 0.349 e. The number of hydrogen-bond donors (Lipinski definition) is 0. The van der Waals surface area contributed by atoms with Crippen molar-refractivity contribution < 1.29 is 4.79 Å². The van der Waals surface area contributed by atoms with Gasteiger partial charge < -0.3 is 9.47 Å². The SMILES string of the molecule is CCCCN(CCCC)C(=O)CN1CCn2cccc2C1C. The van der Waals surface area contributed by atoms with Gasteiger partial charge in [-0.1, -0.05) is 26.7 Å². The lowest BCUT2D eigenvalue weighted by Crippen LogP contribution is -2.45. The van der Waals surface area contributed by atoms with E-state index in [9.17, 15) is 4.79 Å². The standard InChI is InChI=1S/C18H31N3O/c1-4-6-10-20(11-7-5-2)18(22)15-21-14-13-19-12-8-9-17(19)16(21)3/h8-9,12,16H,4-7,10-11,13-15H2,1-3H3. The van der Waals surface area contributed by atoms with Crippen molar-refractivity contribution in [1.29, 1.82) is 0 Å². The molecule has 0 bridgehead atoms. The highest BCUT2D eigenvalue weighted by atomic mass is 16.2. The zero-order valence-corrected chi connectivity index (χ0v) is 14.4. The van der Waals surface area contributed by atoms with Gasteiger partial charge in [0, 0.05) is 44.1 Å². The second kappa shape index (κ2) is 8.37. The molecule has 1 aromatic rings. The quantitative estimate of drug-likeness (QED) is 0.737. The van der Waals surface area contributed by atoms with E-state index in [1.165, 1.54) is 5.69 Å². The number of aromatic nitrogens is 1. The predicted octanol–water partition coefficient (Wildman–Crippen LogP) is 3.29. The number of nitrogens with zero attached hydrogens (tertiary/aromatic N) is 3. The van der Waals surface area contributed by atoms with Crippen LogP contribution in [0.4, 0.5) is 0 Å². The summed E-state index contributed by atoms with van der Waals surface area (Å²) in [6.45, 7) is 10.9. The molecule has 1 aromatic heterocycles. The molecule has 22 heavy (non-hydrogen) atoms. The molecule has 1 aliphatic heterocycles. The molecular formula is C18H31N3O. The van der Waals surface area contributed by atoms with Crippen LogP contribution >= 0.6 is 0 Å². The number of unbranched alkanes of at least 4 members (excludes halogenated alkanes) is 2. The molecule has 1 unspecified atom stereocenters. The van der Waals surface area contributed by atoms with Crippen molar-refractivity contribution in [3.8, 4) is 0 Å². The van der Waals surface area contributed by atoms with E-state index in [4.69, 9.17) is 0 Å². The monoisotopic (exact) mass is 305 g/mol. The zero-order chi connectivity index (χ0) is 15.9. The van der Waals surface area contributed by atoms with Gasteiger partial charge in [0.05, 0.1) is 6.54 Å². The Morgan fingerprint density at radius 3 is 2.55 bits per heavy atom. The first-order chi connectivity index (χ1) is 10.7. The Balaban J connectivity index is 1.94. The molecule has 0 aromatic carbocycles. The molecule has 124 valence electrons. The summed E-state index contributed by atoms with van der Waals surface area (Å²) >= 11 is 0. The highest BCUT2D eigenvalue weighted by molar-refractivity contribution is 5.78. The Morgan fingerprint density at radius 2 is 1.91 bits per heavy atom. The number of carbonyl (C=O) groups excluding carboxylic acids is 1. The van der Waals surface area contributed by atoms with Gasteiger partial charge in [-0.05, 0) is 31.9 Å². The molecule has 1 atom stereocenters. The van der Waals surface area contributed by atoms with Gasteiger partial charge in [0.25, 0.3) is 0 Å². The molecule has 1 aliphatic rings. The van der Waals surface area contributed by atoms with Gasteiger partial charge in [0.15, 0.2) is 0 Å². The summed E-state index contributed by atoms with van der Waals surface area (Å²) in [7, 11) is 0. The topological polar surface area (TPSA) is 28.5 Å². The van der Waals surface area contributed by atoms with Crippen molar-refractivity contribution in [3.63, 3.8) is 0 Å². The summed E-state index contributed by atoms with van der Waals surface area (Å²) in [6.07, 6.45) is 6.63. The maximum absolute atomic E-state index is 12.7. The second-order valence-electron chi connectivity index (χ2n) is 6.36. The third kappa shape index (κ3) is 4.13. The number of hydrogen-bond acceptors (Lipinski definition) is 2. The Morgan fingerprint density at radius 1 is 1.23 bits per heavy atom. The maximum atomic E-state index is 12.7. The molecule has 4 nitrogen and oxygen atoms in total. The summed E-state index contributed by atoms with van der Waals surface area (Å²) in [5, 5.41) is 0. The van der Waals surface area contributed by atoms with E-state index in [1.54, 1.807) is 0 Å². The van der Waals surface area contributed by atoms with Crippen molar-refractivity contribution >= 4 is 5.91 Å². The van der Waals surface area contributed by atoms with E-state index in [1.807, 2.05) is 0 Å². The fourth-order valence-electron chi connectivity index (χ4n) is 3.18. The molecule has 0 aliphatic carbocycles. The first-order valence-corrected chi connectivity index (χ1v) is 8.84. The fraction of sp³-hybridized carbons (Fsp3) is 0.722. The molecule has 1 amide bonds. The normalized spacial score (nSPS) is 18.2. The van der Waals surface area contributed by atoms with Crippen molar-refractivity contribution in [2.24, 2.45) is 0 Å². The van der Waals surface area contributed by atoms with Gasteiger partial charge in [-0.25, -0.2) is 0 Å². The molecule has 0 spiro atoms. The van der Waals surface area contributed by atoms with Crippen LogP contribution < -0.4 is 0 Å². The van der Waals surface area contributed by atoms with Crippen LogP contribution in [0, 0.1) is 0 Å². The highest BCUT2D eigenvalue weighted by Crippen LogP contribution is 2.25. The summed E-state index contributed by atoms with van der Waals surface area (Å²) in [5.41, 5.74) is 1.33. The second-order valence-corrected chi connectivity index (χ2v) is 6.36. The van der Waals surface area contributed by atoms with Crippen molar-refractivity contribution in [2.75, 3.05) is 26.2 Å². The van der Waals surface area contributed by atoms with Crippen LogP contribution in [0.15, 0.2) is 18.3 Å². The Kier molecular flexibility index (Phi) is 6.49. The first kappa shape index (κ1) is 17.1. The summed E-state index contributed by atoms with van der Waals surface area (Å²) < 4.78 is 2.30. The van der Waals surface area contributed by atoms with Crippen LogP contribution in [-0.2, 0) is 11.3 Å². The van der Waals surface area contributed by atoms with Crippen LogP contribution in [0.1, 0.15) is 58.2 Å². The number of carbonyl (C=O) groups is 1. The average Bonchev–Trinajstić information content (AvgIpc) is 2.99. The zero-order valence-electron chi connectivity index (χ0n) is 14.4. The Bertz CT molecular complexity index is 461. The number of fused-ring (bicyclic) bond motifs is 1. The Labute approximate surface area is 135 Å². The molecule has 2 rings (SSSR count). The van der Waals surface area contributed by atoms with E-state index >= 15 is 0 Å². The molecule has 0 radical (unpaired) electrons. The smallest absolute Gasteiger partial charge is 0.236 e. The van der Waals surface area contributed by atoms with Crippen LogP contribution in [0.3, 0.4) is 0 Å². The molecule has 0 fully saturated rings. The van der Waals surface area contributed by atoms with Gasteiger partial charge in [0.2, 0.25) is 5.91 Å². The molecule has 0 N–H and O–H groups in total. The van der Waals surface area contributed by atoms with Gasteiger partial charge in [0.1, 0.15) is 0 Å².